The van der Waals surface area contributed by atoms with E-state index >= 15 is 0 Å². The number of nitrogens with one attached hydrogen (secondary N) is 1. The summed E-state index contributed by atoms with van der Waals surface area (Å²) >= 11 is 0. The molecule has 1 aromatic carbocycles. The molecule has 6 heteroatoms. The van der Waals surface area contributed by atoms with E-state index in [1.807, 2.05) is 6.07 Å². The van der Waals surface area contributed by atoms with Crippen LogP contribution in [0, 0.1) is 12.7 Å². The predicted octanol–water partition coefficient (Wildman–Crippen LogP) is 3.94. The average molecular weight is 357 g/mol. The molecule has 1 saturated heterocycles. The van der Waals surface area contributed by atoms with Crippen LogP contribution < -0.4 is 16.0 Å². The van der Waals surface area contributed by atoms with Crippen molar-refractivity contribution >= 4 is 17.5 Å². The molecule has 3 rings (SSSR count). The fourth-order valence-corrected chi connectivity index (χ4v) is 3.20. The number of hydrogen-bond acceptors (Lipinski definition) is 5. The Morgan fingerprint density at radius 1 is 1.31 bits per heavy atom. The minimum Gasteiger partial charge on any atom is -0.355 e. The molecule has 1 atom stereocenters. The number of benzene rings is 1. The summed E-state index contributed by atoms with van der Waals surface area (Å²) in [5, 5.41) is 3.16. The molecule has 2 aromatic rings. The van der Waals surface area contributed by atoms with Crippen molar-refractivity contribution in [3.05, 3.63) is 41.3 Å². The fourth-order valence-electron chi connectivity index (χ4n) is 3.20. The first-order valence-electron chi connectivity index (χ1n) is 9.47. The lowest BCUT2D eigenvalue weighted by molar-refractivity contribution is 0.503. The third kappa shape index (κ3) is 4.69. The summed E-state index contributed by atoms with van der Waals surface area (Å²) in [7, 11) is 0. The molecule has 1 aliphatic heterocycles. The van der Waals surface area contributed by atoms with E-state index in [4.69, 9.17) is 5.73 Å². The van der Waals surface area contributed by atoms with Gasteiger partial charge in [-0.05, 0) is 50.3 Å². The first-order valence-corrected chi connectivity index (χ1v) is 9.47. The summed E-state index contributed by atoms with van der Waals surface area (Å²) in [5.41, 5.74) is 8.41. The van der Waals surface area contributed by atoms with Crippen LogP contribution in [0.2, 0.25) is 0 Å². The van der Waals surface area contributed by atoms with Crippen LogP contribution in [-0.4, -0.2) is 29.1 Å². The highest BCUT2D eigenvalue weighted by atomic mass is 19.1. The second kappa shape index (κ2) is 8.45. The van der Waals surface area contributed by atoms with Gasteiger partial charge in [0.2, 0.25) is 5.95 Å². The number of hydrogen-bond donors (Lipinski definition) is 2. The van der Waals surface area contributed by atoms with Gasteiger partial charge >= 0.3 is 0 Å². The summed E-state index contributed by atoms with van der Waals surface area (Å²) in [6.07, 6.45) is 5.22. The van der Waals surface area contributed by atoms with Gasteiger partial charge in [0.25, 0.3) is 0 Å². The molecule has 0 amide bonds. The van der Waals surface area contributed by atoms with Crippen LogP contribution in [-0.2, 0) is 6.42 Å². The first-order chi connectivity index (χ1) is 12.5. The van der Waals surface area contributed by atoms with Crippen LogP contribution in [0.5, 0.6) is 0 Å². The lowest BCUT2D eigenvalue weighted by Crippen LogP contribution is -2.43. The lowest BCUT2D eigenvalue weighted by atomic mass is 10.1. The van der Waals surface area contributed by atoms with Crippen molar-refractivity contribution in [2.24, 2.45) is 5.73 Å². The Morgan fingerprint density at radius 2 is 2.15 bits per heavy atom. The zero-order valence-corrected chi connectivity index (χ0v) is 15.6. The number of piperidine rings is 1. The van der Waals surface area contributed by atoms with Crippen molar-refractivity contribution in [3.8, 4) is 0 Å². The summed E-state index contributed by atoms with van der Waals surface area (Å²) in [6.45, 7) is 5.68. The molecule has 140 valence electrons. The number of rotatable bonds is 6. The molecule has 5 nitrogen and oxygen atoms in total. The van der Waals surface area contributed by atoms with E-state index in [9.17, 15) is 4.39 Å². The molecular weight excluding hydrogens is 329 g/mol. The molecule has 2 heterocycles. The van der Waals surface area contributed by atoms with Gasteiger partial charge in [-0.2, -0.15) is 4.98 Å². The molecule has 0 radical (unpaired) electrons. The number of aromatic nitrogens is 2. The smallest absolute Gasteiger partial charge is 0.229 e. The summed E-state index contributed by atoms with van der Waals surface area (Å²) in [5.74, 6) is 1.17. The van der Waals surface area contributed by atoms with Gasteiger partial charge in [-0.25, -0.2) is 9.37 Å². The number of unbranched alkanes of at least 4 members (excludes halogenated alkanes) is 1. The highest BCUT2D eigenvalue weighted by Gasteiger charge is 2.19. The SMILES string of the molecule is CCCCc1cc(N2CCCC(N)C2)nc(Nc2ccc(C)c(F)c2)n1. The maximum Gasteiger partial charge on any atom is 0.229 e. The molecular formula is C20H28FN5. The first kappa shape index (κ1) is 18.6. The molecule has 0 spiro atoms. The Morgan fingerprint density at radius 3 is 2.88 bits per heavy atom. The van der Waals surface area contributed by atoms with E-state index in [-0.39, 0.29) is 11.9 Å². The summed E-state index contributed by atoms with van der Waals surface area (Å²) in [6, 6.07) is 7.32. The second-order valence-corrected chi connectivity index (χ2v) is 7.08. The van der Waals surface area contributed by atoms with Gasteiger partial charge in [-0.1, -0.05) is 19.4 Å². The highest BCUT2D eigenvalue weighted by molar-refractivity contribution is 5.56. The van der Waals surface area contributed by atoms with Crippen molar-refractivity contribution in [1.29, 1.82) is 0 Å². The quantitative estimate of drug-likeness (QED) is 0.820. The average Bonchev–Trinajstić information content (AvgIpc) is 2.63. The molecule has 0 bridgehead atoms. The van der Waals surface area contributed by atoms with E-state index < -0.39 is 0 Å². The lowest BCUT2D eigenvalue weighted by Gasteiger charge is -2.32. The Balaban J connectivity index is 1.87. The molecule has 0 saturated carbocycles. The largest absolute Gasteiger partial charge is 0.355 e. The van der Waals surface area contributed by atoms with E-state index in [1.165, 1.54) is 6.07 Å². The van der Waals surface area contributed by atoms with Gasteiger partial charge in [0, 0.05) is 36.6 Å². The zero-order chi connectivity index (χ0) is 18.5. The van der Waals surface area contributed by atoms with Crippen LogP contribution in [0.15, 0.2) is 24.3 Å². The predicted molar refractivity (Wildman–Crippen MR) is 104 cm³/mol. The van der Waals surface area contributed by atoms with Gasteiger partial charge in [-0.3, -0.25) is 0 Å². The maximum atomic E-state index is 13.8. The molecule has 1 unspecified atom stereocenters. The van der Waals surface area contributed by atoms with Gasteiger partial charge < -0.3 is 16.0 Å². The molecule has 26 heavy (non-hydrogen) atoms. The van der Waals surface area contributed by atoms with Gasteiger partial charge in [0.05, 0.1) is 0 Å². The second-order valence-electron chi connectivity index (χ2n) is 7.08. The van der Waals surface area contributed by atoms with Crippen LogP contribution in [0.25, 0.3) is 0 Å². The Bertz CT molecular complexity index is 749. The Kier molecular flexibility index (Phi) is 6.04. The molecule has 1 aliphatic rings. The highest BCUT2D eigenvalue weighted by Crippen LogP contribution is 2.23. The minimum absolute atomic E-state index is 0.181. The maximum absolute atomic E-state index is 13.8. The third-order valence-electron chi connectivity index (χ3n) is 4.76. The standard InChI is InChI=1S/C20H28FN5/c1-3-4-7-16-12-19(26-10-5-6-15(22)13-26)25-20(23-16)24-17-9-8-14(2)18(21)11-17/h8-9,11-12,15H,3-7,10,13,22H2,1-2H3,(H,23,24,25). The summed E-state index contributed by atoms with van der Waals surface area (Å²) in [4.78, 5) is 11.5. The topological polar surface area (TPSA) is 67.1 Å². The summed E-state index contributed by atoms with van der Waals surface area (Å²) < 4.78 is 13.8. The van der Waals surface area contributed by atoms with E-state index in [1.54, 1.807) is 13.0 Å². The van der Waals surface area contributed by atoms with Crippen LogP contribution in [0.4, 0.5) is 21.8 Å². The molecule has 3 N–H and O–H groups in total. The number of nitrogens with zero attached hydrogens (tertiary/aromatic N) is 3. The van der Waals surface area contributed by atoms with Crippen molar-refractivity contribution in [1.82, 2.24) is 9.97 Å². The minimum atomic E-state index is -0.237. The van der Waals surface area contributed by atoms with E-state index in [0.717, 1.165) is 56.7 Å². The van der Waals surface area contributed by atoms with E-state index in [0.29, 0.717) is 17.2 Å². The van der Waals surface area contributed by atoms with Crippen molar-refractivity contribution in [3.63, 3.8) is 0 Å². The third-order valence-corrected chi connectivity index (χ3v) is 4.76. The Labute approximate surface area is 154 Å². The number of halogens is 1. The van der Waals surface area contributed by atoms with Crippen molar-refractivity contribution in [2.75, 3.05) is 23.3 Å². The van der Waals surface area contributed by atoms with Crippen molar-refractivity contribution < 1.29 is 4.39 Å². The zero-order valence-electron chi connectivity index (χ0n) is 15.6. The monoisotopic (exact) mass is 357 g/mol. The Hall–Kier alpha value is -2.21. The molecule has 1 fully saturated rings. The number of nitrogens with two attached hydrogens (primary N) is 1. The van der Waals surface area contributed by atoms with Gasteiger partial charge in [-0.15, -0.1) is 0 Å². The van der Waals surface area contributed by atoms with Crippen LogP contribution in [0.3, 0.4) is 0 Å². The molecule has 0 aliphatic carbocycles. The van der Waals surface area contributed by atoms with E-state index in [2.05, 4.69) is 33.2 Å². The number of anilines is 3. The number of aryl methyl sites for hydroxylation is 2. The van der Waals surface area contributed by atoms with Gasteiger partial charge in [0.15, 0.2) is 0 Å². The molecule has 1 aromatic heterocycles. The van der Waals surface area contributed by atoms with Crippen molar-refractivity contribution in [2.45, 2.75) is 52.0 Å². The fraction of sp³-hybridized carbons (Fsp3) is 0.500. The normalized spacial score (nSPS) is 17.4. The van der Waals surface area contributed by atoms with Crippen LogP contribution in [0.1, 0.15) is 43.9 Å². The van der Waals surface area contributed by atoms with Gasteiger partial charge in [0.1, 0.15) is 11.6 Å². The van der Waals surface area contributed by atoms with Crippen LogP contribution >= 0.6 is 0 Å².